The minimum atomic E-state index is -0.175. The van der Waals surface area contributed by atoms with Gasteiger partial charge in [-0.25, -0.2) is 4.98 Å². The number of nitrogens with zero attached hydrogens (tertiary/aromatic N) is 2. The largest absolute Gasteiger partial charge is 0.497 e. The van der Waals surface area contributed by atoms with Gasteiger partial charge in [0.15, 0.2) is 0 Å². The van der Waals surface area contributed by atoms with E-state index in [0.717, 1.165) is 16.9 Å². The minimum absolute atomic E-state index is 0.175. The number of hydrogen-bond donors (Lipinski definition) is 3. The highest BCUT2D eigenvalue weighted by Gasteiger charge is 2.06. The van der Waals surface area contributed by atoms with E-state index < -0.39 is 0 Å². The van der Waals surface area contributed by atoms with E-state index in [0.29, 0.717) is 16.7 Å². The molecule has 4 aromatic rings. The van der Waals surface area contributed by atoms with E-state index in [1.54, 1.807) is 25.6 Å². The molecule has 0 radical (unpaired) electrons. The number of nitrogens with one attached hydrogen (secondary N) is 2. The Morgan fingerprint density at radius 1 is 1.11 bits per heavy atom. The van der Waals surface area contributed by atoms with Gasteiger partial charge in [0.05, 0.1) is 30.8 Å². The molecule has 4 N–H and O–H groups in total. The molecule has 7 nitrogen and oxygen atoms in total. The lowest BCUT2D eigenvalue weighted by Gasteiger charge is -2.02. The molecule has 0 bridgehead atoms. The summed E-state index contributed by atoms with van der Waals surface area (Å²) in [5, 5.41) is 7.17. The molecule has 0 saturated carbocycles. The summed E-state index contributed by atoms with van der Waals surface area (Å²) in [6.45, 7) is 2.27. The SMILES string of the molecule is COc1ccc(C)cc1.NCc1nc2ccc(-c3cn[nH]c3)cc2c(=O)[nH]1. The van der Waals surface area contributed by atoms with Crippen LogP contribution in [0.3, 0.4) is 0 Å². The van der Waals surface area contributed by atoms with Crippen LogP contribution in [-0.2, 0) is 6.54 Å². The van der Waals surface area contributed by atoms with Crippen LogP contribution < -0.4 is 16.0 Å². The first-order valence-electron chi connectivity index (χ1n) is 8.43. The van der Waals surface area contributed by atoms with E-state index in [9.17, 15) is 4.79 Å². The number of benzene rings is 2. The third-order valence-electron chi connectivity index (χ3n) is 4.04. The van der Waals surface area contributed by atoms with Crippen molar-refractivity contribution in [3.8, 4) is 16.9 Å². The normalized spacial score (nSPS) is 10.3. The number of H-pyrrole nitrogens is 2. The standard InChI is InChI=1S/C12H11N5O.C8H10O/c13-4-11-16-10-2-1-7(8-5-14-15-6-8)3-9(10)12(18)17-11;1-7-3-5-8(9-2)6-4-7/h1-3,5-6H,4,13H2,(H,14,15)(H,16,17,18);3-6H,1-2H3. The number of aromatic amines is 2. The fourth-order valence-electron chi connectivity index (χ4n) is 2.55. The molecule has 0 aliphatic rings. The van der Waals surface area contributed by atoms with Gasteiger partial charge in [0.1, 0.15) is 11.6 Å². The highest BCUT2D eigenvalue weighted by molar-refractivity contribution is 5.83. The van der Waals surface area contributed by atoms with E-state index in [2.05, 4.69) is 27.1 Å². The fraction of sp³-hybridized carbons (Fsp3) is 0.150. The Morgan fingerprint density at radius 2 is 1.89 bits per heavy atom. The molecular formula is C20H21N5O2. The van der Waals surface area contributed by atoms with Crippen molar-refractivity contribution in [1.29, 1.82) is 0 Å². The monoisotopic (exact) mass is 363 g/mol. The number of rotatable bonds is 3. The van der Waals surface area contributed by atoms with Crippen LogP contribution in [-0.4, -0.2) is 27.3 Å². The molecule has 2 aromatic carbocycles. The summed E-state index contributed by atoms with van der Waals surface area (Å²) in [7, 11) is 1.67. The van der Waals surface area contributed by atoms with Crippen LogP contribution in [0.2, 0.25) is 0 Å². The number of aromatic nitrogens is 4. The van der Waals surface area contributed by atoms with Crippen LogP contribution in [0.1, 0.15) is 11.4 Å². The van der Waals surface area contributed by atoms with Crippen LogP contribution in [0.4, 0.5) is 0 Å². The Bertz CT molecular complexity index is 1070. The fourth-order valence-corrected chi connectivity index (χ4v) is 2.55. The lowest BCUT2D eigenvalue weighted by Crippen LogP contribution is -2.14. The van der Waals surface area contributed by atoms with Gasteiger partial charge in [-0.3, -0.25) is 9.89 Å². The van der Waals surface area contributed by atoms with Gasteiger partial charge in [-0.1, -0.05) is 23.8 Å². The van der Waals surface area contributed by atoms with Gasteiger partial charge in [-0.15, -0.1) is 0 Å². The zero-order valence-electron chi connectivity index (χ0n) is 15.2. The average molecular weight is 363 g/mol. The predicted molar refractivity (Wildman–Crippen MR) is 106 cm³/mol. The van der Waals surface area contributed by atoms with Crippen LogP contribution >= 0.6 is 0 Å². The second-order valence-corrected chi connectivity index (χ2v) is 5.95. The van der Waals surface area contributed by atoms with Crippen molar-refractivity contribution in [1.82, 2.24) is 20.2 Å². The predicted octanol–water partition coefficient (Wildman–Crippen LogP) is 2.78. The summed E-state index contributed by atoms with van der Waals surface area (Å²) < 4.78 is 4.97. The van der Waals surface area contributed by atoms with Crippen molar-refractivity contribution in [3.05, 3.63) is 76.6 Å². The lowest BCUT2D eigenvalue weighted by molar-refractivity contribution is 0.414. The molecule has 2 heterocycles. The molecule has 27 heavy (non-hydrogen) atoms. The zero-order chi connectivity index (χ0) is 19.2. The van der Waals surface area contributed by atoms with Crippen LogP contribution in [0, 0.1) is 6.92 Å². The maximum Gasteiger partial charge on any atom is 0.258 e. The Hall–Kier alpha value is -3.45. The first-order valence-corrected chi connectivity index (χ1v) is 8.43. The summed E-state index contributed by atoms with van der Waals surface area (Å²) in [4.78, 5) is 18.8. The number of ether oxygens (including phenoxy) is 1. The number of nitrogens with two attached hydrogens (primary N) is 1. The summed E-state index contributed by atoms with van der Waals surface area (Å²) in [5.74, 6) is 1.41. The molecule has 0 atom stereocenters. The highest BCUT2D eigenvalue weighted by Crippen LogP contribution is 2.20. The molecule has 138 valence electrons. The van der Waals surface area contributed by atoms with E-state index in [1.165, 1.54) is 5.56 Å². The van der Waals surface area contributed by atoms with Gasteiger partial charge in [-0.05, 0) is 36.8 Å². The van der Waals surface area contributed by atoms with Gasteiger partial charge in [0.2, 0.25) is 0 Å². The quantitative estimate of drug-likeness (QED) is 0.518. The molecular weight excluding hydrogens is 342 g/mol. The summed E-state index contributed by atoms with van der Waals surface area (Å²) >= 11 is 0. The van der Waals surface area contributed by atoms with Gasteiger partial charge in [0.25, 0.3) is 5.56 Å². The van der Waals surface area contributed by atoms with Gasteiger partial charge in [0, 0.05) is 11.8 Å². The van der Waals surface area contributed by atoms with Gasteiger partial charge in [-0.2, -0.15) is 5.10 Å². The van der Waals surface area contributed by atoms with Crippen molar-refractivity contribution in [2.24, 2.45) is 5.73 Å². The molecule has 7 heteroatoms. The van der Waals surface area contributed by atoms with E-state index in [4.69, 9.17) is 10.5 Å². The van der Waals surface area contributed by atoms with Gasteiger partial charge >= 0.3 is 0 Å². The Morgan fingerprint density at radius 3 is 2.52 bits per heavy atom. The Labute approximate surface area is 156 Å². The van der Waals surface area contributed by atoms with Crippen molar-refractivity contribution < 1.29 is 4.74 Å². The Balaban J connectivity index is 0.000000197. The summed E-state index contributed by atoms with van der Waals surface area (Å²) in [6, 6.07) is 13.5. The summed E-state index contributed by atoms with van der Waals surface area (Å²) in [5.41, 5.74) is 9.05. The van der Waals surface area contributed by atoms with Crippen molar-refractivity contribution in [3.63, 3.8) is 0 Å². The van der Waals surface area contributed by atoms with Crippen LogP contribution in [0.25, 0.3) is 22.0 Å². The zero-order valence-corrected chi connectivity index (χ0v) is 15.2. The molecule has 0 amide bonds. The molecule has 0 aliphatic carbocycles. The molecule has 0 spiro atoms. The smallest absolute Gasteiger partial charge is 0.258 e. The maximum atomic E-state index is 11.9. The van der Waals surface area contributed by atoms with Crippen molar-refractivity contribution >= 4 is 10.9 Å². The highest BCUT2D eigenvalue weighted by atomic mass is 16.5. The number of hydrogen-bond acceptors (Lipinski definition) is 5. The topological polar surface area (TPSA) is 110 Å². The van der Waals surface area contributed by atoms with Crippen molar-refractivity contribution in [2.75, 3.05) is 7.11 Å². The Kier molecular flexibility index (Phi) is 5.63. The van der Waals surface area contributed by atoms with Gasteiger partial charge < -0.3 is 15.5 Å². The van der Waals surface area contributed by atoms with Crippen LogP contribution in [0.15, 0.2) is 59.7 Å². The molecule has 0 unspecified atom stereocenters. The number of fused-ring (bicyclic) bond motifs is 1. The maximum absolute atomic E-state index is 11.9. The second kappa shape index (κ2) is 8.29. The minimum Gasteiger partial charge on any atom is -0.497 e. The van der Waals surface area contributed by atoms with Crippen LogP contribution in [0.5, 0.6) is 5.75 Å². The first-order chi connectivity index (χ1) is 13.1. The van der Waals surface area contributed by atoms with E-state index in [1.807, 2.05) is 36.4 Å². The van der Waals surface area contributed by atoms with E-state index in [-0.39, 0.29) is 12.1 Å². The third-order valence-corrected chi connectivity index (χ3v) is 4.04. The molecule has 4 rings (SSSR count). The molecule has 0 saturated heterocycles. The molecule has 2 aromatic heterocycles. The summed E-state index contributed by atoms with van der Waals surface area (Å²) in [6.07, 6.45) is 3.48. The number of methoxy groups -OCH3 is 1. The number of aryl methyl sites for hydroxylation is 1. The molecule has 0 fully saturated rings. The first kappa shape index (κ1) is 18.3. The van der Waals surface area contributed by atoms with Crippen molar-refractivity contribution in [2.45, 2.75) is 13.5 Å². The lowest BCUT2D eigenvalue weighted by atomic mass is 10.1. The molecule has 0 aliphatic heterocycles. The third kappa shape index (κ3) is 4.39. The average Bonchev–Trinajstić information content (AvgIpc) is 3.23. The van der Waals surface area contributed by atoms with E-state index >= 15 is 0 Å². The second-order valence-electron chi connectivity index (χ2n) is 5.95.